The molecule has 1 heterocycles. The molecular weight excluding hydrogens is 359 g/mol. The molecule has 0 aliphatic heterocycles. The van der Waals surface area contributed by atoms with Gasteiger partial charge in [-0.2, -0.15) is 0 Å². The molecule has 7 heteroatoms. The highest BCUT2D eigenvalue weighted by Gasteiger charge is 2.06. The first kappa shape index (κ1) is 17.3. The van der Waals surface area contributed by atoms with Gasteiger partial charge in [-0.15, -0.1) is 0 Å². The minimum Gasteiger partial charge on any atom is -0.334 e. The van der Waals surface area contributed by atoms with Crippen LogP contribution in [0.3, 0.4) is 0 Å². The summed E-state index contributed by atoms with van der Waals surface area (Å²) in [6, 6.07) is 12.6. The minimum absolute atomic E-state index is 0.341. The Morgan fingerprint density at radius 3 is 2.56 bits per heavy atom. The van der Waals surface area contributed by atoms with Crippen LogP contribution in [0.1, 0.15) is 11.1 Å². The van der Waals surface area contributed by atoms with E-state index in [4.69, 9.17) is 23.2 Å². The molecule has 0 saturated heterocycles. The number of hydrogen-bond acceptors (Lipinski definition) is 2. The number of hydrogen-bond donors (Lipinski definition) is 2. The van der Waals surface area contributed by atoms with Crippen molar-refractivity contribution in [1.82, 2.24) is 14.9 Å². The lowest BCUT2D eigenvalue weighted by Gasteiger charge is -2.10. The van der Waals surface area contributed by atoms with Gasteiger partial charge >= 0.3 is 6.03 Å². The Bertz CT molecular complexity index is 848. The van der Waals surface area contributed by atoms with E-state index in [1.807, 2.05) is 35.0 Å². The van der Waals surface area contributed by atoms with E-state index in [-0.39, 0.29) is 6.03 Å². The predicted molar refractivity (Wildman–Crippen MR) is 100 cm³/mol. The first-order chi connectivity index (χ1) is 12.1. The van der Waals surface area contributed by atoms with E-state index in [0.29, 0.717) is 22.3 Å². The highest BCUT2D eigenvalue weighted by atomic mass is 35.5. The highest BCUT2D eigenvalue weighted by molar-refractivity contribution is 6.35. The average molecular weight is 375 g/mol. The molecule has 2 aromatic carbocycles. The first-order valence-corrected chi connectivity index (χ1v) is 8.39. The number of amides is 2. The molecule has 0 saturated carbocycles. The van der Waals surface area contributed by atoms with Crippen LogP contribution in [-0.4, -0.2) is 15.6 Å². The Hall–Kier alpha value is -2.50. The van der Waals surface area contributed by atoms with Gasteiger partial charge in [-0.1, -0.05) is 47.5 Å². The Balaban J connectivity index is 1.52. The van der Waals surface area contributed by atoms with E-state index in [2.05, 4.69) is 15.6 Å². The summed E-state index contributed by atoms with van der Waals surface area (Å²) in [6.07, 6.45) is 5.45. The van der Waals surface area contributed by atoms with E-state index in [9.17, 15) is 4.79 Å². The number of benzene rings is 2. The van der Waals surface area contributed by atoms with Gasteiger partial charge in [0, 0.05) is 30.5 Å². The van der Waals surface area contributed by atoms with Gasteiger partial charge < -0.3 is 15.2 Å². The molecule has 2 N–H and O–H groups in total. The van der Waals surface area contributed by atoms with Gasteiger partial charge in [0.15, 0.2) is 0 Å². The van der Waals surface area contributed by atoms with Crippen molar-refractivity contribution in [3.63, 3.8) is 0 Å². The van der Waals surface area contributed by atoms with Crippen LogP contribution in [0.5, 0.6) is 0 Å². The molecule has 128 valence electrons. The van der Waals surface area contributed by atoms with Gasteiger partial charge in [-0.25, -0.2) is 9.78 Å². The molecule has 0 radical (unpaired) electrons. The van der Waals surface area contributed by atoms with Crippen LogP contribution in [0.2, 0.25) is 10.0 Å². The average Bonchev–Trinajstić information content (AvgIpc) is 3.10. The maximum atomic E-state index is 12.0. The van der Waals surface area contributed by atoms with Crippen molar-refractivity contribution in [3.05, 3.63) is 82.4 Å². The molecule has 5 nitrogen and oxygen atoms in total. The maximum Gasteiger partial charge on any atom is 0.319 e. The molecule has 2 amide bonds. The third-order valence-electron chi connectivity index (χ3n) is 3.58. The SMILES string of the molecule is O=C(NCc1ccc(Cn2ccnc2)cc1)Nc1cc(Cl)ccc1Cl. The summed E-state index contributed by atoms with van der Waals surface area (Å²) in [4.78, 5) is 16.0. The van der Waals surface area contributed by atoms with Crippen LogP contribution in [-0.2, 0) is 13.1 Å². The number of rotatable bonds is 5. The van der Waals surface area contributed by atoms with Gasteiger partial charge in [-0.3, -0.25) is 0 Å². The second-order valence-corrected chi connectivity index (χ2v) is 6.33. The smallest absolute Gasteiger partial charge is 0.319 e. The molecule has 0 aliphatic rings. The summed E-state index contributed by atoms with van der Waals surface area (Å²) in [5.41, 5.74) is 2.64. The molecule has 3 aromatic rings. The molecular formula is C18H16Cl2N4O. The van der Waals surface area contributed by atoms with Gasteiger partial charge in [0.25, 0.3) is 0 Å². The second-order valence-electron chi connectivity index (χ2n) is 5.48. The van der Waals surface area contributed by atoms with Crippen LogP contribution in [0.25, 0.3) is 0 Å². The summed E-state index contributed by atoms with van der Waals surface area (Å²) in [5, 5.41) is 6.42. The fraction of sp³-hybridized carbons (Fsp3) is 0.111. The van der Waals surface area contributed by atoms with Gasteiger partial charge in [0.05, 0.1) is 17.0 Å². The fourth-order valence-corrected chi connectivity index (χ4v) is 2.63. The summed E-state index contributed by atoms with van der Waals surface area (Å²) in [6.45, 7) is 1.18. The molecule has 0 unspecified atom stereocenters. The number of nitrogens with zero attached hydrogens (tertiary/aromatic N) is 2. The van der Waals surface area contributed by atoms with Crippen molar-refractivity contribution in [2.75, 3.05) is 5.32 Å². The molecule has 0 atom stereocenters. The van der Waals surface area contributed by atoms with Crippen molar-refractivity contribution in [2.24, 2.45) is 0 Å². The molecule has 0 aliphatic carbocycles. The third-order valence-corrected chi connectivity index (χ3v) is 4.14. The number of halogens is 2. The number of carbonyl (C=O) groups is 1. The Morgan fingerprint density at radius 1 is 1.08 bits per heavy atom. The number of nitrogens with one attached hydrogen (secondary N) is 2. The van der Waals surface area contributed by atoms with Crippen molar-refractivity contribution < 1.29 is 4.79 Å². The molecule has 1 aromatic heterocycles. The molecule has 0 spiro atoms. The summed E-state index contributed by atoms with van der Waals surface area (Å²) in [5.74, 6) is 0. The zero-order valence-corrected chi connectivity index (χ0v) is 14.8. The molecule has 0 bridgehead atoms. The first-order valence-electron chi connectivity index (χ1n) is 7.63. The fourth-order valence-electron chi connectivity index (χ4n) is 2.30. The number of urea groups is 1. The van der Waals surface area contributed by atoms with Gasteiger partial charge in [0.1, 0.15) is 0 Å². The third kappa shape index (κ3) is 4.98. The van der Waals surface area contributed by atoms with Crippen LogP contribution in [0.15, 0.2) is 61.2 Å². The van der Waals surface area contributed by atoms with E-state index >= 15 is 0 Å². The molecule has 0 fully saturated rings. The molecule has 3 rings (SSSR count). The topological polar surface area (TPSA) is 59.0 Å². The Morgan fingerprint density at radius 2 is 1.84 bits per heavy atom. The largest absolute Gasteiger partial charge is 0.334 e. The highest BCUT2D eigenvalue weighted by Crippen LogP contribution is 2.25. The zero-order valence-electron chi connectivity index (χ0n) is 13.2. The van der Waals surface area contributed by atoms with Gasteiger partial charge in [-0.05, 0) is 29.3 Å². The number of carbonyl (C=O) groups excluding carboxylic acids is 1. The monoisotopic (exact) mass is 374 g/mol. The van der Waals surface area contributed by atoms with Crippen LogP contribution in [0, 0.1) is 0 Å². The van der Waals surface area contributed by atoms with E-state index < -0.39 is 0 Å². The van der Waals surface area contributed by atoms with Crippen LogP contribution < -0.4 is 10.6 Å². The standard InChI is InChI=1S/C18H16Cl2N4O/c19-15-5-6-16(20)17(9-15)23-18(25)22-10-13-1-3-14(4-2-13)11-24-8-7-21-12-24/h1-9,12H,10-11H2,(H2,22,23,25). The van der Waals surface area contributed by atoms with Gasteiger partial charge in [0.2, 0.25) is 0 Å². The Kier molecular flexibility index (Phi) is 5.58. The van der Waals surface area contributed by atoms with Crippen LogP contribution >= 0.6 is 23.2 Å². The second kappa shape index (κ2) is 8.05. The minimum atomic E-state index is -0.341. The lowest BCUT2D eigenvalue weighted by Crippen LogP contribution is -2.28. The number of aromatic nitrogens is 2. The normalized spacial score (nSPS) is 10.5. The lowest BCUT2D eigenvalue weighted by atomic mass is 10.1. The van der Waals surface area contributed by atoms with E-state index in [1.165, 1.54) is 0 Å². The van der Waals surface area contributed by atoms with E-state index in [1.54, 1.807) is 30.7 Å². The van der Waals surface area contributed by atoms with Crippen molar-refractivity contribution >= 4 is 34.9 Å². The van der Waals surface area contributed by atoms with Crippen molar-refractivity contribution in [1.29, 1.82) is 0 Å². The maximum absolute atomic E-state index is 12.0. The summed E-state index contributed by atoms with van der Waals surface area (Å²) < 4.78 is 2.00. The Labute approximate surface area is 155 Å². The summed E-state index contributed by atoms with van der Waals surface area (Å²) in [7, 11) is 0. The predicted octanol–water partition coefficient (Wildman–Crippen LogP) is 4.56. The zero-order chi connectivity index (χ0) is 17.6. The number of anilines is 1. The van der Waals surface area contributed by atoms with Crippen molar-refractivity contribution in [3.8, 4) is 0 Å². The lowest BCUT2D eigenvalue weighted by molar-refractivity contribution is 0.251. The molecule has 25 heavy (non-hydrogen) atoms. The van der Waals surface area contributed by atoms with Crippen molar-refractivity contribution in [2.45, 2.75) is 13.1 Å². The summed E-state index contributed by atoms with van der Waals surface area (Å²) >= 11 is 11.9. The number of imidazole rings is 1. The quantitative estimate of drug-likeness (QED) is 0.687. The van der Waals surface area contributed by atoms with E-state index in [0.717, 1.165) is 17.7 Å². The van der Waals surface area contributed by atoms with Crippen LogP contribution in [0.4, 0.5) is 10.5 Å².